The highest BCUT2D eigenvalue weighted by molar-refractivity contribution is 6.04. The number of carbonyl (C=O) groups excluding carboxylic acids is 1. The van der Waals surface area contributed by atoms with E-state index < -0.39 is 0 Å². The van der Waals surface area contributed by atoms with Crippen LogP contribution in [0.5, 0.6) is 11.5 Å². The number of nitrogens with zero attached hydrogens (tertiary/aromatic N) is 1. The van der Waals surface area contributed by atoms with E-state index >= 15 is 0 Å². The zero-order valence-electron chi connectivity index (χ0n) is 13.8. The molecule has 0 aliphatic carbocycles. The smallest absolute Gasteiger partial charge is 0.274 e. The van der Waals surface area contributed by atoms with Crippen LogP contribution in [0.3, 0.4) is 0 Å². The molecule has 1 heterocycles. The summed E-state index contributed by atoms with van der Waals surface area (Å²) in [6, 6.07) is 14.9. The monoisotopic (exact) mass is 322 g/mol. The summed E-state index contributed by atoms with van der Waals surface area (Å²) in [7, 11) is 3.14. The Balaban J connectivity index is 1.90. The van der Waals surface area contributed by atoms with Gasteiger partial charge in [0.05, 0.1) is 19.7 Å². The van der Waals surface area contributed by atoms with E-state index in [9.17, 15) is 4.79 Å². The zero-order chi connectivity index (χ0) is 17.1. The third kappa shape index (κ3) is 3.01. The topological polar surface area (TPSA) is 60.5 Å². The standard InChI is InChI=1S/C19H18N2O3/c1-12-10-17(23-2)18(24-3)11-16(12)21-19(22)15-9-8-13-6-4-5-7-14(13)20-15/h4-11H,1-3H3,(H,21,22). The van der Waals surface area contributed by atoms with Crippen LogP contribution in [0.4, 0.5) is 5.69 Å². The lowest BCUT2D eigenvalue weighted by molar-refractivity contribution is 0.102. The molecule has 1 N–H and O–H groups in total. The second-order valence-corrected chi connectivity index (χ2v) is 5.37. The molecule has 24 heavy (non-hydrogen) atoms. The average Bonchev–Trinajstić information content (AvgIpc) is 2.62. The lowest BCUT2D eigenvalue weighted by Crippen LogP contribution is -2.14. The van der Waals surface area contributed by atoms with Gasteiger partial charge in [-0.15, -0.1) is 0 Å². The predicted octanol–water partition coefficient (Wildman–Crippen LogP) is 3.81. The van der Waals surface area contributed by atoms with Crippen LogP contribution in [0, 0.1) is 6.92 Å². The number of aromatic nitrogens is 1. The van der Waals surface area contributed by atoms with Crippen molar-refractivity contribution in [2.45, 2.75) is 6.92 Å². The van der Waals surface area contributed by atoms with Crippen LogP contribution in [0.15, 0.2) is 48.5 Å². The van der Waals surface area contributed by atoms with Gasteiger partial charge in [-0.05, 0) is 30.7 Å². The van der Waals surface area contributed by atoms with Crippen LogP contribution in [-0.4, -0.2) is 25.1 Å². The summed E-state index contributed by atoms with van der Waals surface area (Å²) >= 11 is 0. The minimum Gasteiger partial charge on any atom is -0.493 e. The number of benzene rings is 2. The second kappa shape index (κ2) is 6.58. The van der Waals surface area contributed by atoms with Crippen molar-refractivity contribution in [2.75, 3.05) is 19.5 Å². The first-order valence-corrected chi connectivity index (χ1v) is 7.52. The van der Waals surface area contributed by atoms with Gasteiger partial charge in [-0.1, -0.05) is 24.3 Å². The molecule has 1 aromatic heterocycles. The second-order valence-electron chi connectivity index (χ2n) is 5.37. The normalized spacial score (nSPS) is 10.5. The van der Waals surface area contributed by atoms with Gasteiger partial charge in [-0.2, -0.15) is 0 Å². The fourth-order valence-corrected chi connectivity index (χ4v) is 2.49. The molecule has 0 unspecified atom stereocenters. The minimum atomic E-state index is -0.268. The Morgan fingerprint density at radius 3 is 2.46 bits per heavy atom. The molecule has 0 fully saturated rings. The predicted molar refractivity (Wildman–Crippen MR) is 94.0 cm³/mol. The van der Waals surface area contributed by atoms with E-state index in [1.165, 1.54) is 0 Å². The van der Waals surface area contributed by atoms with E-state index in [2.05, 4.69) is 10.3 Å². The first-order chi connectivity index (χ1) is 11.6. The molecule has 5 heteroatoms. The van der Waals surface area contributed by atoms with Gasteiger partial charge in [-0.25, -0.2) is 4.98 Å². The van der Waals surface area contributed by atoms with E-state index in [0.717, 1.165) is 16.5 Å². The van der Waals surface area contributed by atoms with Gasteiger partial charge in [0.1, 0.15) is 5.69 Å². The molecule has 3 aromatic rings. The SMILES string of the molecule is COc1cc(C)c(NC(=O)c2ccc3ccccc3n2)cc1OC. The van der Waals surface area contributed by atoms with Crippen molar-refractivity contribution in [3.05, 3.63) is 59.8 Å². The fourth-order valence-electron chi connectivity index (χ4n) is 2.49. The molecule has 0 saturated heterocycles. The molecular formula is C19H18N2O3. The summed E-state index contributed by atoms with van der Waals surface area (Å²) in [5.74, 6) is 0.915. The van der Waals surface area contributed by atoms with Gasteiger partial charge < -0.3 is 14.8 Å². The number of para-hydroxylation sites is 1. The summed E-state index contributed by atoms with van der Waals surface area (Å²) in [5, 5.41) is 3.88. The lowest BCUT2D eigenvalue weighted by Gasteiger charge is -2.13. The van der Waals surface area contributed by atoms with E-state index in [1.807, 2.05) is 43.3 Å². The van der Waals surface area contributed by atoms with Crippen molar-refractivity contribution in [1.29, 1.82) is 0 Å². The molecule has 2 aromatic carbocycles. The summed E-state index contributed by atoms with van der Waals surface area (Å²) in [6.45, 7) is 1.89. The molecule has 1 amide bonds. The number of methoxy groups -OCH3 is 2. The van der Waals surface area contributed by atoms with Crippen molar-refractivity contribution in [3.8, 4) is 11.5 Å². The molecule has 0 atom stereocenters. The number of hydrogen-bond acceptors (Lipinski definition) is 4. The van der Waals surface area contributed by atoms with Gasteiger partial charge in [0.25, 0.3) is 5.91 Å². The van der Waals surface area contributed by atoms with Crippen LogP contribution < -0.4 is 14.8 Å². The maximum absolute atomic E-state index is 12.5. The van der Waals surface area contributed by atoms with Gasteiger partial charge in [-0.3, -0.25) is 4.79 Å². The molecule has 0 aliphatic heterocycles. The largest absolute Gasteiger partial charge is 0.493 e. The Morgan fingerprint density at radius 1 is 1.00 bits per heavy atom. The van der Waals surface area contributed by atoms with Crippen molar-refractivity contribution in [3.63, 3.8) is 0 Å². The maximum atomic E-state index is 12.5. The van der Waals surface area contributed by atoms with Crippen LogP contribution in [-0.2, 0) is 0 Å². The number of nitrogens with one attached hydrogen (secondary N) is 1. The van der Waals surface area contributed by atoms with Crippen LogP contribution in [0.2, 0.25) is 0 Å². The fraction of sp³-hybridized carbons (Fsp3) is 0.158. The van der Waals surface area contributed by atoms with Crippen molar-refractivity contribution in [2.24, 2.45) is 0 Å². The highest BCUT2D eigenvalue weighted by Gasteiger charge is 2.13. The van der Waals surface area contributed by atoms with Crippen LogP contribution in [0.1, 0.15) is 16.1 Å². The molecule has 0 aliphatic rings. The van der Waals surface area contributed by atoms with Crippen molar-refractivity contribution in [1.82, 2.24) is 4.98 Å². The maximum Gasteiger partial charge on any atom is 0.274 e. The molecule has 0 radical (unpaired) electrons. The number of amides is 1. The Morgan fingerprint density at radius 2 is 1.71 bits per heavy atom. The zero-order valence-corrected chi connectivity index (χ0v) is 13.8. The van der Waals surface area contributed by atoms with Gasteiger partial charge in [0, 0.05) is 17.1 Å². The number of hydrogen-bond donors (Lipinski definition) is 1. The summed E-state index contributed by atoms with van der Waals surface area (Å²) in [4.78, 5) is 16.9. The summed E-state index contributed by atoms with van der Waals surface area (Å²) < 4.78 is 10.5. The van der Waals surface area contributed by atoms with Gasteiger partial charge in [0.2, 0.25) is 0 Å². The first kappa shape index (κ1) is 15.8. The number of rotatable bonds is 4. The van der Waals surface area contributed by atoms with E-state index in [0.29, 0.717) is 22.9 Å². The third-order valence-corrected chi connectivity index (χ3v) is 3.81. The van der Waals surface area contributed by atoms with E-state index in [4.69, 9.17) is 9.47 Å². The van der Waals surface area contributed by atoms with Crippen molar-refractivity contribution < 1.29 is 14.3 Å². The number of pyridine rings is 1. The number of fused-ring (bicyclic) bond motifs is 1. The number of carbonyl (C=O) groups is 1. The first-order valence-electron chi connectivity index (χ1n) is 7.52. The van der Waals surface area contributed by atoms with Crippen LogP contribution >= 0.6 is 0 Å². The van der Waals surface area contributed by atoms with Gasteiger partial charge in [0.15, 0.2) is 11.5 Å². The third-order valence-electron chi connectivity index (χ3n) is 3.81. The van der Waals surface area contributed by atoms with Crippen LogP contribution in [0.25, 0.3) is 10.9 Å². The number of anilines is 1. The van der Waals surface area contributed by atoms with Gasteiger partial charge >= 0.3 is 0 Å². The molecule has 3 rings (SSSR count). The average molecular weight is 322 g/mol. The molecule has 0 bridgehead atoms. The van der Waals surface area contributed by atoms with E-state index in [-0.39, 0.29) is 5.91 Å². The summed E-state index contributed by atoms with van der Waals surface area (Å²) in [5.41, 5.74) is 2.69. The number of ether oxygens (including phenoxy) is 2. The molecule has 5 nitrogen and oxygen atoms in total. The minimum absolute atomic E-state index is 0.268. The molecule has 122 valence electrons. The highest BCUT2D eigenvalue weighted by atomic mass is 16.5. The van der Waals surface area contributed by atoms with Crippen molar-refractivity contribution >= 4 is 22.5 Å². The Kier molecular flexibility index (Phi) is 4.33. The molecule has 0 saturated carbocycles. The summed E-state index contributed by atoms with van der Waals surface area (Å²) in [6.07, 6.45) is 0. The quantitative estimate of drug-likeness (QED) is 0.793. The molecular weight excluding hydrogens is 304 g/mol. The lowest BCUT2D eigenvalue weighted by atomic mass is 10.1. The van der Waals surface area contributed by atoms with E-state index in [1.54, 1.807) is 26.4 Å². The molecule has 0 spiro atoms. The Bertz CT molecular complexity index is 906. The number of aryl methyl sites for hydroxylation is 1. The highest BCUT2D eigenvalue weighted by Crippen LogP contribution is 2.33. The Hall–Kier alpha value is -3.08. The Labute approximate surface area is 140 Å².